The molecule has 216 valence electrons. The number of fused-ring (bicyclic) bond motifs is 1. The van der Waals surface area contributed by atoms with Gasteiger partial charge < -0.3 is 20.7 Å². The molecule has 0 aliphatic carbocycles. The first-order valence-electron chi connectivity index (χ1n) is 13.3. The number of thioether (sulfide) groups is 1. The Morgan fingerprint density at radius 1 is 0.953 bits per heavy atom. The number of rotatable bonds is 11. The lowest BCUT2D eigenvalue weighted by Gasteiger charge is -2.12. The van der Waals surface area contributed by atoms with Crippen molar-refractivity contribution >= 4 is 67.9 Å². The van der Waals surface area contributed by atoms with Crippen LogP contribution in [0.25, 0.3) is 16.3 Å². The van der Waals surface area contributed by atoms with Gasteiger partial charge in [0.15, 0.2) is 5.13 Å². The molecule has 0 saturated heterocycles. The Kier molecular flexibility index (Phi) is 9.78. The van der Waals surface area contributed by atoms with Crippen LogP contribution in [-0.4, -0.2) is 40.0 Å². The predicted molar refractivity (Wildman–Crippen MR) is 171 cm³/mol. The number of anilines is 2. The molecule has 43 heavy (non-hydrogen) atoms. The molecule has 3 amide bonds. The first-order chi connectivity index (χ1) is 21.0. The van der Waals surface area contributed by atoms with E-state index in [1.807, 2.05) is 37.3 Å². The summed E-state index contributed by atoms with van der Waals surface area (Å²) in [4.78, 5) is 48.1. The molecule has 0 aliphatic heterocycles. The van der Waals surface area contributed by atoms with Crippen molar-refractivity contribution in [1.29, 1.82) is 0 Å². The lowest BCUT2D eigenvalue weighted by atomic mass is 10.2. The van der Waals surface area contributed by atoms with Crippen LogP contribution < -0.4 is 20.7 Å². The maximum atomic E-state index is 13.3. The Labute approximate surface area is 256 Å². The average molecular weight is 610 g/mol. The molecule has 0 bridgehead atoms. The third kappa shape index (κ3) is 8.28. The van der Waals surface area contributed by atoms with E-state index in [1.54, 1.807) is 73.1 Å². The Morgan fingerprint density at radius 2 is 1.81 bits per heavy atom. The van der Waals surface area contributed by atoms with Crippen LogP contribution in [0.4, 0.5) is 10.8 Å². The van der Waals surface area contributed by atoms with E-state index in [-0.39, 0.29) is 17.4 Å². The molecule has 5 rings (SSSR count). The molecular formula is C32H27N5O4S2. The number of carbonyl (C=O) groups is 3. The molecule has 0 fully saturated rings. The lowest BCUT2D eigenvalue weighted by Crippen LogP contribution is -2.30. The van der Waals surface area contributed by atoms with Crippen molar-refractivity contribution in [1.82, 2.24) is 15.3 Å². The van der Waals surface area contributed by atoms with Crippen molar-refractivity contribution in [2.24, 2.45) is 0 Å². The van der Waals surface area contributed by atoms with Gasteiger partial charge in [0, 0.05) is 28.5 Å². The number of aromatic nitrogens is 2. The second-order valence-electron chi connectivity index (χ2n) is 9.06. The molecule has 0 saturated carbocycles. The summed E-state index contributed by atoms with van der Waals surface area (Å²) < 4.78 is 6.46. The predicted octanol–water partition coefficient (Wildman–Crippen LogP) is 6.23. The molecule has 2 aromatic heterocycles. The number of benzene rings is 3. The molecule has 11 heteroatoms. The molecule has 0 aliphatic rings. The molecule has 3 aromatic carbocycles. The Morgan fingerprint density at radius 3 is 2.60 bits per heavy atom. The quantitative estimate of drug-likeness (QED) is 0.120. The highest BCUT2D eigenvalue weighted by atomic mass is 32.2. The molecular weight excluding hydrogens is 583 g/mol. The van der Waals surface area contributed by atoms with E-state index in [0.717, 1.165) is 20.9 Å². The summed E-state index contributed by atoms with van der Waals surface area (Å²) in [6, 6.07) is 24.9. The Hall–Kier alpha value is -5.00. The van der Waals surface area contributed by atoms with Crippen molar-refractivity contribution in [3.63, 3.8) is 0 Å². The zero-order valence-electron chi connectivity index (χ0n) is 23.1. The van der Waals surface area contributed by atoms with Crippen molar-refractivity contribution < 1.29 is 19.1 Å². The summed E-state index contributed by atoms with van der Waals surface area (Å²) >= 11 is 2.71. The number of nitrogens with zero attached hydrogens (tertiary/aromatic N) is 2. The van der Waals surface area contributed by atoms with Gasteiger partial charge in [0.1, 0.15) is 11.4 Å². The molecule has 0 unspecified atom stereocenters. The number of thiazole rings is 1. The Balaban J connectivity index is 1.22. The molecule has 3 N–H and O–H groups in total. The maximum absolute atomic E-state index is 13.3. The molecule has 0 spiro atoms. The van der Waals surface area contributed by atoms with E-state index < -0.39 is 11.8 Å². The van der Waals surface area contributed by atoms with Crippen LogP contribution in [0.3, 0.4) is 0 Å². The summed E-state index contributed by atoms with van der Waals surface area (Å²) in [5.74, 6) is -0.205. The minimum Gasteiger partial charge on any atom is -0.494 e. The van der Waals surface area contributed by atoms with Gasteiger partial charge >= 0.3 is 0 Å². The standard InChI is InChI=1S/C32H27N5O4S2/c1-2-41-24-13-14-26-28(18-24)43-32(36-26)37-29(38)20-42-25-12-6-11-23(17-25)34-31(40)27(16-21-8-7-15-33-19-21)35-30(39)22-9-4-3-5-10-22/h3-19H,2,20H2,1H3,(H,34,40)(H,35,39)(H,36,37,38)/b27-16-. The van der Waals surface area contributed by atoms with Crippen LogP contribution in [-0.2, 0) is 9.59 Å². The van der Waals surface area contributed by atoms with E-state index in [2.05, 4.69) is 25.9 Å². The van der Waals surface area contributed by atoms with Crippen LogP contribution in [0, 0.1) is 0 Å². The third-order valence-corrected chi connectivity index (χ3v) is 7.83. The second-order valence-corrected chi connectivity index (χ2v) is 11.1. The van der Waals surface area contributed by atoms with Gasteiger partial charge in [-0.05, 0) is 73.2 Å². The van der Waals surface area contributed by atoms with E-state index in [4.69, 9.17) is 4.74 Å². The summed E-state index contributed by atoms with van der Waals surface area (Å²) in [5, 5.41) is 8.92. The van der Waals surface area contributed by atoms with Crippen molar-refractivity contribution in [2.75, 3.05) is 23.0 Å². The highest BCUT2D eigenvalue weighted by Gasteiger charge is 2.16. The smallest absolute Gasteiger partial charge is 0.272 e. The van der Waals surface area contributed by atoms with Gasteiger partial charge in [-0.2, -0.15) is 0 Å². The monoisotopic (exact) mass is 609 g/mol. The molecule has 0 atom stereocenters. The third-order valence-electron chi connectivity index (χ3n) is 5.90. The Bertz CT molecular complexity index is 1770. The maximum Gasteiger partial charge on any atom is 0.272 e. The number of pyridine rings is 1. The number of carbonyl (C=O) groups excluding carboxylic acids is 3. The zero-order chi connectivity index (χ0) is 30.0. The van der Waals surface area contributed by atoms with Gasteiger partial charge in [-0.25, -0.2) is 4.98 Å². The van der Waals surface area contributed by atoms with Gasteiger partial charge in [0.2, 0.25) is 5.91 Å². The highest BCUT2D eigenvalue weighted by molar-refractivity contribution is 8.00. The second kappa shape index (κ2) is 14.3. The molecule has 5 aromatic rings. The first kappa shape index (κ1) is 29.5. The van der Waals surface area contributed by atoms with Gasteiger partial charge in [0.25, 0.3) is 11.8 Å². The van der Waals surface area contributed by atoms with E-state index >= 15 is 0 Å². The van der Waals surface area contributed by atoms with Crippen LogP contribution in [0.1, 0.15) is 22.8 Å². The normalized spacial score (nSPS) is 11.1. The van der Waals surface area contributed by atoms with E-state index in [1.165, 1.54) is 23.1 Å². The van der Waals surface area contributed by atoms with Crippen LogP contribution in [0.5, 0.6) is 5.75 Å². The molecule has 9 nitrogen and oxygen atoms in total. The first-order valence-corrected chi connectivity index (χ1v) is 15.1. The zero-order valence-corrected chi connectivity index (χ0v) is 24.7. The fraction of sp³-hybridized carbons (Fsp3) is 0.0938. The number of hydrogen-bond donors (Lipinski definition) is 3. The minimum absolute atomic E-state index is 0.0588. The largest absolute Gasteiger partial charge is 0.494 e. The fourth-order valence-corrected chi connectivity index (χ4v) is 5.62. The minimum atomic E-state index is -0.503. The topological polar surface area (TPSA) is 122 Å². The molecule has 2 heterocycles. The van der Waals surface area contributed by atoms with Crippen molar-refractivity contribution in [3.8, 4) is 5.75 Å². The summed E-state index contributed by atoms with van der Waals surface area (Å²) in [6.07, 6.45) is 4.78. The van der Waals surface area contributed by atoms with Crippen molar-refractivity contribution in [2.45, 2.75) is 11.8 Å². The number of hydrogen-bond acceptors (Lipinski definition) is 8. The van der Waals surface area contributed by atoms with Crippen LogP contribution in [0.15, 0.2) is 108 Å². The summed E-state index contributed by atoms with van der Waals surface area (Å²) in [5.41, 5.74) is 2.43. The SMILES string of the molecule is CCOc1ccc2nc(NC(=O)CSc3cccc(NC(=O)/C(=C/c4cccnc4)NC(=O)c4ccccc4)c3)sc2c1. The summed E-state index contributed by atoms with van der Waals surface area (Å²) in [6.45, 7) is 2.50. The van der Waals surface area contributed by atoms with Crippen molar-refractivity contribution in [3.05, 3.63) is 114 Å². The van der Waals surface area contributed by atoms with Gasteiger partial charge in [-0.1, -0.05) is 41.7 Å². The van der Waals surface area contributed by atoms with Gasteiger partial charge in [-0.3, -0.25) is 19.4 Å². The van der Waals surface area contributed by atoms with Gasteiger partial charge in [0.05, 0.1) is 22.6 Å². The van der Waals surface area contributed by atoms with Gasteiger partial charge in [-0.15, -0.1) is 11.8 Å². The lowest BCUT2D eigenvalue weighted by molar-refractivity contribution is -0.114. The van der Waals surface area contributed by atoms with E-state index in [9.17, 15) is 14.4 Å². The van der Waals surface area contributed by atoms with Crippen LogP contribution in [0.2, 0.25) is 0 Å². The van der Waals surface area contributed by atoms with E-state index in [0.29, 0.717) is 28.6 Å². The molecule has 0 radical (unpaired) electrons. The number of nitrogens with one attached hydrogen (secondary N) is 3. The fourth-order valence-electron chi connectivity index (χ4n) is 3.95. The summed E-state index contributed by atoms with van der Waals surface area (Å²) in [7, 11) is 0. The number of ether oxygens (including phenoxy) is 1. The highest BCUT2D eigenvalue weighted by Crippen LogP contribution is 2.30. The van der Waals surface area contributed by atoms with Crippen LogP contribution >= 0.6 is 23.1 Å². The number of amides is 3. The average Bonchev–Trinajstić information content (AvgIpc) is 3.42.